The lowest BCUT2D eigenvalue weighted by Gasteiger charge is -2.09. The number of hydrogen-bond acceptors (Lipinski definition) is 5. The van der Waals surface area contributed by atoms with Crippen molar-refractivity contribution in [2.75, 3.05) is 13.2 Å². The summed E-state index contributed by atoms with van der Waals surface area (Å²) in [6.07, 6.45) is 0.634. The SMILES string of the molecule is O=C(O)c1cc(S(=O)(=O)NC2CCOC2)cs1. The Morgan fingerprint density at radius 1 is 1.59 bits per heavy atom. The lowest BCUT2D eigenvalue weighted by Crippen LogP contribution is -2.34. The van der Waals surface area contributed by atoms with Crippen LogP contribution in [0, 0.1) is 0 Å². The number of ether oxygens (including phenoxy) is 1. The Kier molecular flexibility index (Phi) is 3.48. The number of carbonyl (C=O) groups is 1. The molecule has 1 aliphatic heterocycles. The summed E-state index contributed by atoms with van der Waals surface area (Å²) in [5, 5.41) is 10.0. The summed E-state index contributed by atoms with van der Waals surface area (Å²) in [5.41, 5.74) is 0. The van der Waals surface area contributed by atoms with E-state index in [1.807, 2.05) is 0 Å². The molecule has 8 heteroatoms. The second kappa shape index (κ2) is 4.73. The number of nitrogens with one attached hydrogen (secondary N) is 1. The van der Waals surface area contributed by atoms with Gasteiger partial charge in [-0.05, 0) is 12.5 Å². The Labute approximate surface area is 102 Å². The number of aromatic carboxylic acids is 1. The van der Waals surface area contributed by atoms with Gasteiger partial charge in [0.25, 0.3) is 0 Å². The van der Waals surface area contributed by atoms with Gasteiger partial charge in [0.2, 0.25) is 10.0 Å². The second-order valence-corrected chi connectivity index (χ2v) is 6.26. The van der Waals surface area contributed by atoms with Crippen LogP contribution in [0.3, 0.4) is 0 Å². The first kappa shape index (κ1) is 12.5. The van der Waals surface area contributed by atoms with Gasteiger partial charge >= 0.3 is 5.97 Å². The van der Waals surface area contributed by atoms with E-state index in [0.717, 1.165) is 17.4 Å². The molecule has 0 radical (unpaired) electrons. The van der Waals surface area contributed by atoms with E-state index in [-0.39, 0.29) is 15.8 Å². The average Bonchev–Trinajstić information content (AvgIpc) is 2.84. The molecule has 2 rings (SSSR count). The molecule has 1 aromatic rings. The zero-order chi connectivity index (χ0) is 12.5. The molecule has 94 valence electrons. The van der Waals surface area contributed by atoms with E-state index in [0.29, 0.717) is 19.6 Å². The van der Waals surface area contributed by atoms with E-state index in [1.165, 1.54) is 5.38 Å². The molecule has 1 unspecified atom stereocenters. The molecule has 1 fully saturated rings. The van der Waals surface area contributed by atoms with E-state index in [4.69, 9.17) is 9.84 Å². The highest BCUT2D eigenvalue weighted by atomic mass is 32.2. The van der Waals surface area contributed by atoms with Crippen molar-refractivity contribution >= 4 is 27.3 Å². The van der Waals surface area contributed by atoms with Gasteiger partial charge in [0, 0.05) is 18.0 Å². The van der Waals surface area contributed by atoms with Gasteiger partial charge in [-0.3, -0.25) is 0 Å². The highest BCUT2D eigenvalue weighted by Gasteiger charge is 2.24. The number of sulfonamides is 1. The third-order valence-electron chi connectivity index (χ3n) is 2.35. The molecule has 0 saturated carbocycles. The first-order valence-corrected chi connectivity index (χ1v) is 7.27. The van der Waals surface area contributed by atoms with Crippen LogP contribution in [-0.4, -0.2) is 38.7 Å². The zero-order valence-corrected chi connectivity index (χ0v) is 10.4. The average molecular weight is 277 g/mol. The van der Waals surface area contributed by atoms with Crippen LogP contribution < -0.4 is 4.72 Å². The minimum atomic E-state index is -3.64. The van der Waals surface area contributed by atoms with Crippen LogP contribution in [0.5, 0.6) is 0 Å². The third-order valence-corrected chi connectivity index (χ3v) is 4.92. The van der Waals surface area contributed by atoms with Gasteiger partial charge in [0.1, 0.15) is 4.88 Å². The van der Waals surface area contributed by atoms with Gasteiger partial charge in [0.05, 0.1) is 11.5 Å². The summed E-state index contributed by atoms with van der Waals surface area (Å²) in [6, 6.07) is 0.929. The molecule has 1 aliphatic rings. The normalized spacial score (nSPS) is 20.6. The van der Waals surface area contributed by atoms with E-state index >= 15 is 0 Å². The van der Waals surface area contributed by atoms with Crippen LogP contribution in [0.1, 0.15) is 16.1 Å². The molecule has 0 bridgehead atoms. The summed E-state index contributed by atoms with van der Waals surface area (Å²) >= 11 is 0.892. The zero-order valence-electron chi connectivity index (χ0n) is 8.75. The number of carboxylic acids is 1. The van der Waals surface area contributed by atoms with Crippen molar-refractivity contribution in [3.8, 4) is 0 Å². The molecular weight excluding hydrogens is 266 g/mol. The maximum absolute atomic E-state index is 11.9. The highest BCUT2D eigenvalue weighted by Crippen LogP contribution is 2.20. The van der Waals surface area contributed by atoms with Crippen molar-refractivity contribution in [3.63, 3.8) is 0 Å². The molecule has 0 aliphatic carbocycles. The van der Waals surface area contributed by atoms with Gasteiger partial charge in [0.15, 0.2) is 0 Å². The molecule has 0 amide bonds. The van der Waals surface area contributed by atoms with Crippen LogP contribution in [0.4, 0.5) is 0 Å². The quantitative estimate of drug-likeness (QED) is 0.836. The van der Waals surface area contributed by atoms with Crippen LogP contribution in [0.15, 0.2) is 16.3 Å². The smallest absolute Gasteiger partial charge is 0.345 e. The summed E-state index contributed by atoms with van der Waals surface area (Å²) in [5.74, 6) is -1.12. The molecule has 0 spiro atoms. The molecule has 1 atom stereocenters. The summed E-state index contributed by atoms with van der Waals surface area (Å²) in [7, 11) is -3.64. The molecule has 0 aromatic carbocycles. The topological polar surface area (TPSA) is 92.7 Å². The molecular formula is C9H11NO5S2. The van der Waals surface area contributed by atoms with Crippen molar-refractivity contribution in [2.24, 2.45) is 0 Å². The van der Waals surface area contributed by atoms with Crippen LogP contribution in [0.2, 0.25) is 0 Å². The van der Waals surface area contributed by atoms with Crippen molar-refractivity contribution in [3.05, 3.63) is 16.3 Å². The standard InChI is InChI=1S/C9H11NO5S2/c11-9(12)8-3-7(5-16-8)17(13,14)10-6-1-2-15-4-6/h3,5-6,10H,1-2,4H2,(H,11,12). The van der Waals surface area contributed by atoms with Gasteiger partial charge < -0.3 is 9.84 Å². The highest BCUT2D eigenvalue weighted by molar-refractivity contribution is 7.89. The molecule has 6 nitrogen and oxygen atoms in total. The largest absolute Gasteiger partial charge is 0.477 e. The van der Waals surface area contributed by atoms with Crippen LogP contribution in [0.25, 0.3) is 0 Å². The van der Waals surface area contributed by atoms with Crippen molar-refractivity contribution in [2.45, 2.75) is 17.4 Å². The Balaban J connectivity index is 2.15. The Hall–Kier alpha value is -0.960. The van der Waals surface area contributed by atoms with Gasteiger partial charge in [-0.1, -0.05) is 0 Å². The number of thiophene rings is 1. The fourth-order valence-corrected chi connectivity index (χ4v) is 3.85. The molecule has 2 heterocycles. The maximum Gasteiger partial charge on any atom is 0.345 e. The summed E-state index contributed by atoms with van der Waals surface area (Å²) in [6.45, 7) is 0.895. The monoisotopic (exact) mass is 277 g/mol. The number of rotatable bonds is 4. The number of carboxylic acid groups (broad SMARTS) is 1. The van der Waals surface area contributed by atoms with E-state index in [9.17, 15) is 13.2 Å². The maximum atomic E-state index is 11.9. The molecule has 1 aromatic heterocycles. The van der Waals surface area contributed by atoms with Gasteiger partial charge in [-0.25, -0.2) is 17.9 Å². The summed E-state index contributed by atoms with van der Waals surface area (Å²) < 4.78 is 31.3. The van der Waals surface area contributed by atoms with Crippen LogP contribution in [-0.2, 0) is 14.8 Å². The van der Waals surface area contributed by atoms with Gasteiger partial charge in [-0.15, -0.1) is 11.3 Å². The predicted molar refractivity (Wildman–Crippen MR) is 60.8 cm³/mol. The fourth-order valence-electron chi connectivity index (χ4n) is 1.49. The van der Waals surface area contributed by atoms with Crippen LogP contribution >= 0.6 is 11.3 Å². The van der Waals surface area contributed by atoms with E-state index < -0.39 is 16.0 Å². The molecule has 1 saturated heterocycles. The lowest BCUT2D eigenvalue weighted by atomic mass is 10.3. The Morgan fingerprint density at radius 3 is 2.88 bits per heavy atom. The predicted octanol–water partition coefficient (Wildman–Crippen LogP) is 0.513. The minimum absolute atomic E-state index is 0.00745. The third kappa shape index (κ3) is 2.83. The summed E-state index contributed by atoms with van der Waals surface area (Å²) in [4.78, 5) is 10.7. The Bertz CT molecular complexity index is 515. The fraction of sp³-hybridized carbons (Fsp3) is 0.444. The molecule has 2 N–H and O–H groups in total. The Morgan fingerprint density at radius 2 is 2.35 bits per heavy atom. The van der Waals surface area contributed by atoms with Gasteiger partial charge in [-0.2, -0.15) is 0 Å². The first-order valence-electron chi connectivity index (χ1n) is 4.91. The first-order chi connectivity index (χ1) is 7.99. The van der Waals surface area contributed by atoms with E-state index in [1.54, 1.807) is 0 Å². The second-order valence-electron chi connectivity index (χ2n) is 3.63. The lowest BCUT2D eigenvalue weighted by molar-refractivity contribution is 0.0702. The van der Waals surface area contributed by atoms with Crippen molar-refractivity contribution in [1.29, 1.82) is 0 Å². The van der Waals surface area contributed by atoms with Crippen molar-refractivity contribution < 1.29 is 23.1 Å². The number of hydrogen-bond donors (Lipinski definition) is 2. The van der Waals surface area contributed by atoms with E-state index in [2.05, 4.69) is 4.72 Å². The van der Waals surface area contributed by atoms with Crippen molar-refractivity contribution in [1.82, 2.24) is 4.72 Å². The minimum Gasteiger partial charge on any atom is -0.477 e. The molecule has 17 heavy (non-hydrogen) atoms.